The Labute approximate surface area is 170 Å². The highest BCUT2D eigenvalue weighted by Gasteiger charge is 2.44. The van der Waals surface area contributed by atoms with Crippen molar-refractivity contribution in [3.8, 4) is 0 Å². The van der Waals surface area contributed by atoms with Crippen LogP contribution < -0.4 is 5.32 Å². The van der Waals surface area contributed by atoms with Crippen LogP contribution in [-0.2, 0) is 17.9 Å². The van der Waals surface area contributed by atoms with Gasteiger partial charge in [0, 0.05) is 28.7 Å². The number of halogens is 1. The number of hydrogen-bond acceptors (Lipinski definition) is 2. The topological polar surface area (TPSA) is 46.9 Å². The van der Waals surface area contributed by atoms with Crippen molar-refractivity contribution < 1.29 is 4.79 Å². The van der Waals surface area contributed by atoms with Crippen LogP contribution in [-0.4, -0.2) is 15.7 Å². The highest BCUT2D eigenvalue weighted by Crippen LogP contribution is 2.49. The summed E-state index contributed by atoms with van der Waals surface area (Å²) in [5.41, 5.74) is 5.45. The summed E-state index contributed by atoms with van der Waals surface area (Å²) in [5.74, 6) is 0.344. The third kappa shape index (κ3) is 3.83. The van der Waals surface area contributed by atoms with E-state index < -0.39 is 0 Å². The van der Waals surface area contributed by atoms with Crippen LogP contribution in [0.2, 0.25) is 5.02 Å². The number of carbonyl (C=O) groups is 1. The number of benzene rings is 2. The fourth-order valence-corrected chi connectivity index (χ4v) is 4.09. The van der Waals surface area contributed by atoms with Crippen LogP contribution in [0, 0.1) is 19.8 Å². The largest absolute Gasteiger partial charge is 0.352 e. The van der Waals surface area contributed by atoms with E-state index in [1.165, 1.54) is 5.56 Å². The van der Waals surface area contributed by atoms with Crippen LogP contribution in [0.15, 0.2) is 54.6 Å². The van der Waals surface area contributed by atoms with E-state index in [1.807, 2.05) is 54.1 Å². The van der Waals surface area contributed by atoms with Gasteiger partial charge in [0.2, 0.25) is 5.91 Å². The molecule has 1 saturated carbocycles. The third-order valence-electron chi connectivity index (χ3n) is 5.58. The molecule has 2 atom stereocenters. The number of nitrogens with zero attached hydrogens (tertiary/aromatic N) is 2. The fourth-order valence-electron chi connectivity index (χ4n) is 3.81. The minimum Gasteiger partial charge on any atom is -0.352 e. The Morgan fingerprint density at radius 1 is 1.14 bits per heavy atom. The number of nitrogens with one attached hydrogen (secondary N) is 1. The number of aryl methyl sites for hydroxylation is 1. The average molecular weight is 394 g/mol. The van der Waals surface area contributed by atoms with Crippen LogP contribution in [0.25, 0.3) is 0 Å². The van der Waals surface area contributed by atoms with Gasteiger partial charge in [-0.05, 0) is 43.4 Å². The van der Waals surface area contributed by atoms with E-state index in [0.29, 0.717) is 6.54 Å². The Bertz CT molecular complexity index is 996. The number of carbonyl (C=O) groups excluding carboxylic acids is 1. The summed E-state index contributed by atoms with van der Waals surface area (Å²) in [6.45, 7) is 5.31. The molecule has 1 N–H and O–H groups in total. The minimum atomic E-state index is 0.0138. The van der Waals surface area contributed by atoms with Gasteiger partial charge in [-0.3, -0.25) is 9.48 Å². The molecule has 5 heteroatoms. The highest BCUT2D eigenvalue weighted by atomic mass is 35.5. The van der Waals surface area contributed by atoms with Crippen molar-refractivity contribution in [2.45, 2.75) is 39.3 Å². The van der Waals surface area contributed by atoms with E-state index in [9.17, 15) is 4.79 Å². The molecule has 3 aromatic rings. The number of aromatic nitrogens is 2. The van der Waals surface area contributed by atoms with E-state index in [4.69, 9.17) is 11.6 Å². The average Bonchev–Trinajstić information content (AvgIpc) is 3.44. The summed E-state index contributed by atoms with van der Waals surface area (Å²) in [6, 6.07) is 18.1. The first kappa shape index (κ1) is 18.8. The molecular weight excluding hydrogens is 370 g/mol. The molecule has 4 nitrogen and oxygen atoms in total. The molecule has 0 bridgehead atoms. The fraction of sp³-hybridized carbons (Fsp3) is 0.304. The molecule has 144 valence electrons. The molecule has 0 spiro atoms. The van der Waals surface area contributed by atoms with E-state index in [-0.39, 0.29) is 17.7 Å². The summed E-state index contributed by atoms with van der Waals surface area (Å²) in [4.78, 5) is 12.6. The van der Waals surface area contributed by atoms with Gasteiger partial charge in [-0.15, -0.1) is 0 Å². The Balaban J connectivity index is 1.39. The molecule has 28 heavy (non-hydrogen) atoms. The molecule has 0 saturated heterocycles. The molecular formula is C23H24ClN3O. The van der Waals surface area contributed by atoms with Crippen molar-refractivity contribution in [3.05, 3.63) is 87.7 Å². The Morgan fingerprint density at radius 2 is 1.86 bits per heavy atom. The van der Waals surface area contributed by atoms with Gasteiger partial charge in [0.1, 0.15) is 0 Å². The molecule has 1 aliphatic carbocycles. The van der Waals surface area contributed by atoms with Crippen molar-refractivity contribution >= 4 is 17.5 Å². The molecule has 1 aliphatic rings. The van der Waals surface area contributed by atoms with Gasteiger partial charge in [0.05, 0.1) is 12.2 Å². The molecule has 0 unspecified atom stereocenters. The molecule has 1 amide bonds. The summed E-state index contributed by atoms with van der Waals surface area (Å²) in [6.07, 6.45) is 0.862. The van der Waals surface area contributed by atoms with Crippen LogP contribution in [0.1, 0.15) is 40.4 Å². The third-order valence-corrected chi connectivity index (χ3v) is 5.92. The van der Waals surface area contributed by atoms with Crippen LogP contribution in [0.4, 0.5) is 0 Å². The quantitative estimate of drug-likeness (QED) is 0.664. The first-order valence-corrected chi connectivity index (χ1v) is 10.0. The maximum absolute atomic E-state index is 12.6. The standard InChI is InChI=1S/C23H24ClN3O/c1-15-21(16(2)27(26-15)14-17-8-4-3-5-9-17)13-25-23(28)20-12-19(20)18-10-6-7-11-22(18)24/h3-11,19-20H,12-14H2,1-2H3,(H,25,28)/t19-,20+/m0/s1. The lowest BCUT2D eigenvalue weighted by Crippen LogP contribution is -2.25. The summed E-state index contributed by atoms with van der Waals surface area (Å²) < 4.78 is 2.01. The zero-order chi connectivity index (χ0) is 19.7. The molecule has 1 aromatic heterocycles. The predicted molar refractivity (Wildman–Crippen MR) is 111 cm³/mol. The highest BCUT2D eigenvalue weighted by molar-refractivity contribution is 6.31. The summed E-state index contributed by atoms with van der Waals surface area (Å²) >= 11 is 6.27. The van der Waals surface area contributed by atoms with Crippen LogP contribution in [0.3, 0.4) is 0 Å². The van der Waals surface area contributed by atoms with Crippen LogP contribution in [0.5, 0.6) is 0 Å². The predicted octanol–water partition coefficient (Wildman–Crippen LogP) is 4.62. The van der Waals surface area contributed by atoms with Crippen molar-refractivity contribution in [2.75, 3.05) is 0 Å². The lowest BCUT2D eigenvalue weighted by atomic mass is 10.1. The van der Waals surface area contributed by atoms with E-state index in [0.717, 1.165) is 40.5 Å². The lowest BCUT2D eigenvalue weighted by molar-refractivity contribution is -0.122. The maximum atomic E-state index is 12.6. The first-order valence-electron chi connectivity index (χ1n) is 9.63. The smallest absolute Gasteiger partial charge is 0.224 e. The van der Waals surface area contributed by atoms with Crippen molar-refractivity contribution in [1.29, 1.82) is 0 Å². The Hall–Kier alpha value is -2.59. The normalized spacial score (nSPS) is 18.1. The molecule has 1 fully saturated rings. The summed E-state index contributed by atoms with van der Waals surface area (Å²) in [5, 5.41) is 8.52. The minimum absolute atomic E-state index is 0.0138. The lowest BCUT2D eigenvalue weighted by Gasteiger charge is -2.08. The van der Waals surface area contributed by atoms with Gasteiger partial charge in [0.15, 0.2) is 0 Å². The number of amides is 1. The van der Waals surface area contributed by atoms with E-state index in [2.05, 4.69) is 29.5 Å². The van der Waals surface area contributed by atoms with Gasteiger partial charge in [-0.2, -0.15) is 5.10 Å². The zero-order valence-corrected chi connectivity index (χ0v) is 16.9. The zero-order valence-electron chi connectivity index (χ0n) is 16.2. The SMILES string of the molecule is Cc1nn(Cc2ccccc2)c(C)c1CNC(=O)[C@@H]1C[C@H]1c1ccccc1Cl. The molecule has 0 radical (unpaired) electrons. The number of hydrogen-bond donors (Lipinski definition) is 1. The van der Waals surface area contributed by atoms with Gasteiger partial charge >= 0.3 is 0 Å². The van der Waals surface area contributed by atoms with E-state index >= 15 is 0 Å². The van der Waals surface area contributed by atoms with Crippen LogP contribution >= 0.6 is 11.6 Å². The summed E-state index contributed by atoms with van der Waals surface area (Å²) in [7, 11) is 0. The molecule has 4 rings (SSSR count). The monoisotopic (exact) mass is 393 g/mol. The van der Waals surface area contributed by atoms with Crippen molar-refractivity contribution in [2.24, 2.45) is 5.92 Å². The number of rotatable bonds is 6. The molecule has 0 aliphatic heterocycles. The van der Waals surface area contributed by atoms with Crippen molar-refractivity contribution in [3.63, 3.8) is 0 Å². The van der Waals surface area contributed by atoms with Gasteiger partial charge in [-0.1, -0.05) is 60.1 Å². The Morgan fingerprint density at radius 3 is 2.61 bits per heavy atom. The first-order chi connectivity index (χ1) is 13.5. The van der Waals surface area contributed by atoms with Crippen molar-refractivity contribution in [1.82, 2.24) is 15.1 Å². The maximum Gasteiger partial charge on any atom is 0.224 e. The molecule has 2 aromatic carbocycles. The van der Waals surface area contributed by atoms with Gasteiger partial charge in [0.25, 0.3) is 0 Å². The van der Waals surface area contributed by atoms with Gasteiger partial charge < -0.3 is 5.32 Å². The van der Waals surface area contributed by atoms with E-state index in [1.54, 1.807) is 0 Å². The second kappa shape index (κ2) is 7.80. The molecule has 1 heterocycles. The Kier molecular flexibility index (Phi) is 5.23. The second-order valence-corrected chi connectivity index (χ2v) is 7.89. The van der Waals surface area contributed by atoms with Gasteiger partial charge in [-0.25, -0.2) is 0 Å². The second-order valence-electron chi connectivity index (χ2n) is 7.48.